The number of aliphatic hydroxyl groups is 1. The second kappa shape index (κ2) is 7.75. The lowest BCUT2D eigenvalue weighted by atomic mass is 9.94. The minimum atomic E-state index is 0.281. The minimum Gasteiger partial charge on any atom is -0.396 e. The Morgan fingerprint density at radius 1 is 0.789 bits per heavy atom. The van der Waals surface area contributed by atoms with Crippen molar-refractivity contribution in [3.63, 3.8) is 0 Å². The van der Waals surface area contributed by atoms with Crippen molar-refractivity contribution in [2.75, 3.05) is 6.61 Å². The van der Waals surface area contributed by atoms with Crippen LogP contribution in [0.3, 0.4) is 0 Å². The largest absolute Gasteiger partial charge is 0.396 e. The molecule has 1 heteroatoms. The molecule has 1 unspecified atom stereocenters. The van der Waals surface area contributed by atoms with Crippen molar-refractivity contribution in [3.05, 3.63) is 71.8 Å². The summed E-state index contributed by atoms with van der Waals surface area (Å²) in [6.45, 7) is 0.281. The van der Waals surface area contributed by atoms with Gasteiger partial charge in [-0.25, -0.2) is 0 Å². The first-order valence-corrected chi connectivity index (χ1v) is 7.07. The summed E-state index contributed by atoms with van der Waals surface area (Å²) in [4.78, 5) is 0. The van der Waals surface area contributed by atoms with Crippen molar-refractivity contribution in [2.45, 2.75) is 25.7 Å². The Hall–Kier alpha value is -1.60. The van der Waals surface area contributed by atoms with Gasteiger partial charge in [-0.05, 0) is 42.7 Å². The molecule has 0 aliphatic carbocycles. The topological polar surface area (TPSA) is 20.2 Å². The van der Waals surface area contributed by atoms with Crippen LogP contribution < -0.4 is 0 Å². The SMILES string of the molecule is OCC(CCCc1ccccc1)Cc1ccccc1. The van der Waals surface area contributed by atoms with Crippen LogP contribution in [-0.4, -0.2) is 11.7 Å². The molecule has 0 fully saturated rings. The van der Waals surface area contributed by atoms with E-state index in [4.69, 9.17) is 0 Å². The maximum Gasteiger partial charge on any atom is 0.0462 e. The van der Waals surface area contributed by atoms with E-state index in [-0.39, 0.29) is 6.61 Å². The summed E-state index contributed by atoms with van der Waals surface area (Å²) in [5.41, 5.74) is 2.71. The predicted octanol–water partition coefficient (Wildman–Crippen LogP) is 3.86. The first kappa shape index (κ1) is 13.8. The molecule has 0 radical (unpaired) electrons. The second-order valence-electron chi connectivity index (χ2n) is 5.12. The van der Waals surface area contributed by atoms with E-state index in [0.29, 0.717) is 5.92 Å². The molecule has 0 heterocycles. The zero-order chi connectivity index (χ0) is 13.3. The summed E-state index contributed by atoms with van der Waals surface area (Å²) in [7, 11) is 0. The molecule has 0 aliphatic rings. The highest BCUT2D eigenvalue weighted by Crippen LogP contribution is 2.15. The van der Waals surface area contributed by atoms with E-state index >= 15 is 0 Å². The average molecular weight is 254 g/mol. The number of benzene rings is 2. The van der Waals surface area contributed by atoms with E-state index < -0.39 is 0 Å². The van der Waals surface area contributed by atoms with Gasteiger partial charge in [0.1, 0.15) is 0 Å². The molecular weight excluding hydrogens is 232 g/mol. The number of aliphatic hydroxyl groups excluding tert-OH is 1. The Balaban J connectivity index is 1.77. The summed E-state index contributed by atoms with van der Waals surface area (Å²) in [5, 5.41) is 9.48. The van der Waals surface area contributed by atoms with Gasteiger partial charge in [0, 0.05) is 6.61 Å². The number of hydrogen-bond acceptors (Lipinski definition) is 1. The summed E-state index contributed by atoms with van der Waals surface area (Å²) < 4.78 is 0. The number of aryl methyl sites for hydroxylation is 1. The highest BCUT2D eigenvalue weighted by molar-refractivity contribution is 5.16. The van der Waals surface area contributed by atoms with Crippen LogP contribution >= 0.6 is 0 Å². The third kappa shape index (κ3) is 4.88. The molecule has 0 amide bonds. The molecule has 0 spiro atoms. The highest BCUT2D eigenvalue weighted by atomic mass is 16.3. The van der Waals surface area contributed by atoms with Crippen molar-refractivity contribution < 1.29 is 5.11 Å². The van der Waals surface area contributed by atoms with Crippen LogP contribution in [0.4, 0.5) is 0 Å². The second-order valence-corrected chi connectivity index (χ2v) is 5.12. The van der Waals surface area contributed by atoms with Crippen molar-refractivity contribution in [3.8, 4) is 0 Å². The van der Waals surface area contributed by atoms with E-state index in [1.165, 1.54) is 11.1 Å². The van der Waals surface area contributed by atoms with Gasteiger partial charge in [-0.2, -0.15) is 0 Å². The quantitative estimate of drug-likeness (QED) is 0.795. The van der Waals surface area contributed by atoms with Crippen LogP contribution in [0.5, 0.6) is 0 Å². The third-order valence-electron chi connectivity index (χ3n) is 3.55. The van der Waals surface area contributed by atoms with Crippen LogP contribution in [0.1, 0.15) is 24.0 Å². The molecule has 1 N–H and O–H groups in total. The molecule has 0 aromatic heterocycles. The monoisotopic (exact) mass is 254 g/mol. The maximum atomic E-state index is 9.48. The van der Waals surface area contributed by atoms with Crippen LogP contribution in [0.15, 0.2) is 60.7 Å². The molecule has 2 aromatic carbocycles. The van der Waals surface area contributed by atoms with Crippen LogP contribution in [0.2, 0.25) is 0 Å². The Kier molecular flexibility index (Phi) is 5.64. The summed E-state index contributed by atoms with van der Waals surface area (Å²) >= 11 is 0. The lowest BCUT2D eigenvalue weighted by molar-refractivity contribution is 0.216. The fourth-order valence-electron chi connectivity index (χ4n) is 2.44. The number of hydrogen-bond donors (Lipinski definition) is 1. The van der Waals surface area contributed by atoms with Crippen molar-refractivity contribution in [1.82, 2.24) is 0 Å². The highest BCUT2D eigenvalue weighted by Gasteiger charge is 2.08. The minimum absolute atomic E-state index is 0.281. The first-order valence-electron chi connectivity index (χ1n) is 7.07. The Morgan fingerprint density at radius 3 is 1.95 bits per heavy atom. The first-order chi connectivity index (χ1) is 9.38. The lowest BCUT2D eigenvalue weighted by Gasteiger charge is -2.14. The van der Waals surface area contributed by atoms with E-state index in [1.54, 1.807) is 0 Å². The fourth-order valence-corrected chi connectivity index (χ4v) is 2.44. The molecule has 1 atom stereocenters. The molecule has 0 saturated carbocycles. The van der Waals surface area contributed by atoms with Gasteiger partial charge in [0.05, 0.1) is 0 Å². The van der Waals surface area contributed by atoms with Gasteiger partial charge in [0.15, 0.2) is 0 Å². The van der Waals surface area contributed by atoms with E-state index in [9.17, 15) is 5.11 Å². The van der Waals surface area contributed by atoms with Gasteiger partial charge < -0.3 is 5.11 Å². The van der Waals surface area contributed by atoms with Gasteiger partial charge >= 0.3 is 0 Å². The molecule has 1 nitrogen and oxygen atoms in total. The molecule has 100 valence electrons. The third-order valence-corrected chi connectivity index (χ3v) is 3.55. The maximum absolute atomic E-state index is 9.48. The van der Waals surface area contributed by atoms with E-state index in [0.717, 1.165) is 25.7 Å². The molecule has 2 rings (SSSR count). The molecule has 19 heavy (non-hydrogen) atoms. The van der Waals surface area contributed by atoms with Gasteiger partial charge in [0.25, 0.3) is 0 Å². The van der Waals surface area contributed by atoms with Gasteiger partial charge in [-0.3, -0.25) is 0 Å². The summed E-state index contributed by atoms with van der Waals surface area (Å²) in [5.74, 6) is 0.381. The molecule has 2 aromatic rings. The summed E-state index contributed by atoms with van der Waals surface area (Å²) in [6, 6.07) is 21.0. The van der Waals surface area contributed by atoms with Crippen molar-refractivity contribution in [2.24, 2.45) is 5.92 Å². The Bertz CT molecular complexity index is 450. The Morgan fingerprint density at radius 2 is 1.37 bits per heavy atom. The van der Waals surface area contributed by atoms with Crippen LogP contribution in [0.25, 0.3) is 0 Å². The van der Waals surface area contributed by atoms with Crippen molar-refractivity contribution in [1.29, 1.82) is 0 Å². The molecular formula is C18H22O. The fraction of sp³-hybridized carbons (Fsp3) is 0.333. The standard InChI is InChI=1S/C18H22O/c19-15-18(14-17-10-5-2-6-11-17)13-7-12-16-8-3-1-4-9-16/h1-6,8-11,18-19H,7,12-15H2. The Labute approximate surface area is 115 Å². The lowest BCUT2D eigenvalue weighted by Crippen LogP contribution is -2.10. The average Bonchev–Trinajstić information content (AvgIpc) is 2.48. The van der Waals surface area contributed by atoms with E-state index in [2.05, 4.69) is 54.6 Å². The van der Waals surface area contributed by atoms with Crippen LogP contribution in [-0.2, 0) is 12.8 Å². The van der Waals surface area contributed by atoms with E-state index in [1.807, 2.05) is 6.07 Å². The zero-order valence-corrected chi connectivity index (χ0v) is 11.3. The van der Waals surface area contributed by atoms with Crippen LogP contribution in [0, 0.1) is 5.92 Å². The molecule has 0 aliphatic heterocycles. The van der Waals surface area contributed by atoms with Crippen molar-refractivity contribution >= 4 is 0 Å². The predicted molar refractivity (Wildman–Crippen MR) is 80.1 cm³/mol. The molecule has 0 saturated heterocycles. The zero-order valence-electron chi connectivity index (χ0n) is 11.3. The van der Waals surface area contributed by atoms with Gasteiger partial charge in [0.2, 0.25) is 0 Å². The normalized spacial score (nSPS) is 12.3. The summed E-state index contributed by atoms with van der Waals surface area (Å²) in [6.07, 6.45) is 4.31. The molecule has 0 bridgehead atoms. The number of rotatable bonds is 7. The van der Waals surface area contributed by atoms with Gasteiger partial charge in [-0.15, -0.1) is 0 Å². The smallest absolute Gasteiger partial charge is 0.0462 e. The van der Waals surface area contributed by atoms with Gasteiger partial charge in [-0.1, -0.05) is 60.7 Å².